The minimum Gasteiger partial charge on any atom is -0.449 e. The molecule has 0 fully saturated rings. The van der Waals surface area contributed by atoms with Gasteiger partial charge in [0.15, 0.2) is 0 Å². The van der Waals surface area contributed by atoms with Crippen molar-refractivity contribution in [1.29, 1.82) is 0 Å². The molecular formula is C13H17NO3. The van der Waals surface area contributed by atoms with Crippen molar-refractivity contribution in [2.45, 2.75) is 20.3 Å². The standard InChI is InChI=1S/C13H17NO3/c1-3-17-13(16)14(11(2)15)10-9-12-7-5-4-6-8-12/h4-8H,3,9-10H2,1-2H3. The lowest BCUT2D eigenvalue weighted by molar-refractivity contribution is -0.127. The Morgan fingerprint density at radius 2 is 1.88 bits per heavy atom. The molecule has 4 heteroatoms. The third-order valence-electron chi connectivity index (χ3n) is 2.34. The third kappa shape index (κ3) is 4.26. The number of amides is 2. The summed E-state index contributed by atoms with van der Waals surface area (Å²) in [5, 5.41) is 0. The van der Waals surface area contributed by atoms with Crippen LogP contribution >= 0.6 is 0 Å². The lowest BCUT2D eigenvalue weighted by atomic mass is 10.1. The van der Waals surface area contributed by atoms with E-state index in [0.29, 0.717) is 13.0 Å². The maximum absolute atomic E-state index is 11.5. The zero-order valence-electron chi connectivity index (χ0n) is 10.2. The van der Waals surface area contributed by atoms with E-state index in [4.69, 9.17) is 4.74 Å². The number of benzene rings is 1. The van der Waals surface area contributed by atoms with Crippen molar-refractivity contribution in [3.05, 3.63) is 35.9 Å². The third-order valence-corrected chi connectivity index (χ3v) is 2.34. The zero-order chi connectivity index (χ0) is 12.7. The summed E-state index contributed by atoms with van der Waals surface area (Å²) in [5.41, 5.74) is 1.09. The molecule has 0 saturated heterocycles. The highest BCUT2D eigenvalue weighted by molar-refractivity contribution is 5.90. The second kappa shape index (κ2) is 6.68. The summed E-state index contributed by atoms with van der Waals surface area (Å²) in [6.45, 7) is 3.70. The molecule has 1 aromatic carbocycles. The van der Waals surface area contributed by atoms with Crippen LogP contribution in [-0.2, 0) is 16.0 Å². The number of carbonyl (C=O) groups excluding carboxylic acids is 2. The van der Waals surface area contributed by atoms with Crippen LogP contribution in [0.4, 0.5) is 4.79 Å². The molecule has 0 radical (unpaired) electrons. The first-order valence-corrected chi connectivity index (χ1v) is 5.64. The van der Waals surface area contributed by atoms with Gasteiger partial charge in [-0.05, 0) is 18.9 Å². The highest BCUT2D eigenvalue weighted by Crippen LogP contribution is 2.03. The molecule has 0 unspecified atom stereocenters. The molecular weight excluding hydrogens is 218 g/mol. The fourth-order valence-electron chi connectivity index (χ4n) is 1.46. The van der Waals surface area contributed by atoms with Gasteiger partial charge in [-0.2, -0.15) is 0 Å². The number of ether oxygens (including phenoxy) is 1. The lowest BCUT2D eigenvalue weighted by Crippen LogP contribution is -2.37. The number of imide groups is 1. The molecule has 4 nitrogen and oxygen atoms in total. The van der Waals surface area contributed by atoms with Crippen LogP contribution in [0.15, 0.2) is 30.3 Å². The Morgan fingerprint density at radius 1 is 1.24 bits per heavy atom. The number of hydrogen-bond donors (Lipinski definition) is 0. The maximum Gasteiger partial charge on any atom is 0.416 e. The Morgan fingerprint density at radius 3 is 2.41 bits per heavy atom. The van der Waals surface area contributed by atoms with E-state index >= 15 is 0 Å². The van der Waals surface area contributed by atoms with Gasteiger partial charge in [-0.3, -0.25) is 4.79 Å². The van der Waals surface area contributed by atoms with Crippen molar-refractivity contribution in [1.82, 2.24) is 4.90 Å². The smallest absolute Gasteiger partial charge is 0.416 e. The Hall–Kier alpha value is -1.84. The van der Waals surface area contributed by atoms with Crippen LogP contribution in [0.5, 0.6) is 0 Å². The normalized spacial score (nSPS) is 9.76. The van der Waals surface area contributed by atoms with Crippen molar-refractivity contribution in [3.63, 3.8) is 0 Å². The molecule has 0 bridgehead atoms. The van der Waals surface area contributed by atoms with Crippen LogP contribution in [0, 0.1) is 0 Å². The Labute approximate surface area is 101 Å². The summed E-state index contributed by atoms with van der Waals surface area (Å²) in [5.74, 6) is -0.292. The first-order valence-electron chi connectivity index (χ1n) is 5.64. The highest BCUT2D eigenvalue weighted by Gasteiger charge is 2.18. The van der Waals surface area contributed by atoms with E-state index in [2.05, 4.69) is 0 Å². The van der Waals surface area contributed by atoms with Crippen LogP contribution < -0.4 is 0 Å². The molecule has 17 heavy (non-hydrogen) atoms. The van der Waals surface area contributed by atoms with E-state index in [-0.39, 0.29) is 12.5 Å². The summed E-state index contributed by atoms with van der Waals surface area (Å²) in [6.07, 6.45) is 0.0649. The van der Waals surface area contributed by atoms with E-state index < -0.39 is 6.09 Å². The Bertz CT molecular complexity index is 376. The molecule has 2 amide bonds. The average molecular weight is 235 g/mol. The van der Waals surface area contributed by atoms with Gasteiger partial charge in [0.1, 0.15) is 0 Å². The fourth-order valence-corrected chi connectivity index (χ4v) is 1.46. The summed E-state index contributed by atoms with van der Waals surface area (Å²) < 4.78 is 4.82. The van der Waals surface area contributed by atoms with E-state index in [1.165, 1.54) is 6.92 Å². The molecule has 0 N–H and O–H groups in total. The quantitative estimate of drug-likeness (QED) is 0.804. The topological polar surface area (TPSA) is 46.6 Å². The molecule has 1 aromatic rings. The molecule has 0 spiro atoms. The second-order valence-electron chi connectivity index (χ2n) is 3.61. The van der Waals surface area contributed by atoms with Crippen LogP contribution in [0.1, 0.15) is 19.4 Å². The minimum atomic E-state index is -0.573. The number of nitrogens with zero attached hydrogens (tertiary/aromatic N) is 1. The monoisotopic (exact) mass is 235 g/mol. The maximum atomic E-state index is 11.5. The van der Waals surface area contributed by atoms with Crippen molar-refractivity contribution in [2.75, 3.05) is 13.2 Å². The summed E-state index contributed by atoms with van der Waals surface area (Å²) in [7, 11) is 0. The molecule has 0 aliphatic heterocycles. The summed E-state index contributed by atoms with van der Waals surface area (Å²) in [6, 6.07) is 9.71. The van der Waals surface area contributed by atoms with Crippen LogP contribution in [0.2, 0.25) is 0 Å². The predicted molar refractivity (Wildman–Crippen MR) is 64.6 cm³/mol. The number of hydrogen-bond acceptors (Lipinski definition) is 3. The molecule has 0 heterocycles. The first kappa shape index (κ1) is 13.2. The van der Waals surface area contributed by atoms with Gasteiger partial charge in [0.2, 0.25) is 5.91 Å². The summed E-state index contributed by atoms with van der Waals surface area (Å²) >= 11 is 0. The predicted octanol–water partition coefficient (Wildman–Crippen LogP) is 2.23. The van der Waals surface area contributed by atoms with Crippen molar-refractivity contribution in [3.8, 4) is 0 Å². The molecule has 0 aromatic heterocycles. The van der Waals surface area contributed by atoms with E-state index in [1.54, 1.807) is 6.92 Å². The largest absolute Gasteiger partial charge is 0.449 e. The van der Waals surface area contributed by atoms with Gasteiger partial charge in [0.05, 0.1) is 6.61 Å². The van der Waals surface area contributed by atoms with Crippen LogP contribution in [0.25, 0.3) is 0 Å². The number of rotatable bonds is 4. The molecule has 92 valence electrons. The average Bonchev–Trinajstić information content (AvgIpc) is 2.30. The highest BCUT2D eigenvalue weighted by atomic mass is 16.6. The van der Waals surface area contributed by atoms with Gasteiger partial charge in [0, 0.05) is 13.5 Å². The van der Waals surface area contributed by atoms with Crippen molar-refractivity contribution < 1.29 is 14.3 Å². The Kier molecular flexibility index (Phi) is 5.20. The second-order valence-corrected chi connectivity index (χ2v) is 3.61. The van der Waals surface area contributed by atoms with Gasteiger partial charge in [0.25, 0.3) is 0 Å². The van der Waals surface area contributed by atoms with Crippen molar-refractivity contribution >= 4 is 12.0 Å². The van der Waals surface area contributed by atoms with Crippen LogP contribution in [-0.4, -0.2) is 30.1 Å². The SMILES string of the molecule is CCOC(=O)N(CCc1ccccc1)C(C)=O. The minimum absolute atomic E-state index is 0.272. The van der Waals surface area contributed by atoms with Crippen LogP contribution in [0.3, 0.4) is 0 Å². The van der Waals surface area contributed by atoms with E-state index in [1.807, 2.05) is 30.3 Å². The molecule has 0 saturated carbocycles. The van der Waals surface area contributed by atoms with Gasteiger partial charge in [-0.1, -0.05) is 30.3 Å². The molecule has 0 atom stereocenters. The van der Waals surface area contributed by atoms with E-state index in [9.17, 15) is 9.59 Å². The Balaban J connectivity index is 2.56. The first-order chi connectivity index (χ1) is 8.15. The zero-order valence-corrected chi connectivity index (χ0v) is 10.2. The molecule has 0 aliphatic carbocycles. The number of carbonyl (C=O) groups is 2. The van der Waals surface area contributed by atoms with Gasteiger partial charge < -0.3 is 4.74 Å². The molecule has 1 rings (SSSR count). The fraction of sp³-hybridized carbons (Fsp3) is 0.385. The van der Waals surface area contributed by atoms with Gasteiger partial charge >= 0.3 is 6.09 Å². The van der Waals surface area contributed by atoms with E-state index in [0.717, 1.165) is 10.5 Å². The lowest BCUT2D eigenvalue weighted by Gasteiger charge is -2.18. The van der Waals surface area contributed by atoms with Crippen molar-refractivity contribution in [2.24, 2.45) is 0 Å². The van der Waals surface area contributed by atoms with Gasteiger partial charge in [-0.25, -0.2) is 9.69 Å². The summed E-state index contributed by atoms with van der Waals surface area (Å²) in [4.78, 5) is 23.9. The molecule has 0 aliphatic rings. The van der Waals surface area contributed by atoms with Gasteiger partial charge in [-0.15, -0.1) is 0 Å².